The third kappa shape index (κ3) is 6.80. The van der Waals surface area contributed by atoms with Crippen LogP contribution in [0.3, 0.4) is 0 Å². The Morgan fingerprint density at radius 2 is 1.90 bits per heavy atom. The first-order valence-electron chi connectivity index (χ1n) is 13.0. The van der Waals surface area contributed by atoms with Crippen LogP contribution in [0.4, 0.5) is 11.4 Å². The fraction of sp³-hybridized carbons (Fsp3) is 0.241. The highest BCUT2D eigenvalue weighted by Crippen LogP contribution is 2.32. The highest BCUT2D eigenvalue weighted by molar-refractivity contribution is 9.10. The summed E-state index contributed by atoms with van der Waals surface area (Å²) in [5, 5.41) is 19.8. The molecule has 12 heteroatoms. The van der Waals surface area contributed by atoms with E-state index in [1.165, 1.54) is 23.0 Å². The Morgan fingerprint density at radius 3 is 2.63 bits per heavy atom. The van der Waals surface area contributed by atoms with Crippen LogP contribution in [0.5, 0.6) is 5.75 Å². The summed E-state index contributed by atoms with van der Waals surface area (Å²) in [5.74, 6) is 0.112. The molecule has 0 atom stereocenters. The number of nitro benzene ring substituents is 1. The van der Waals surface area contributed by atoms with Crippen LogP contribution in [0, 0.1) is 10.1 Å². The molecule has 4 aromatic rings. The maximum Gasteiger partial charge on any atom is 0.311 e. The average Bonchev–Trinajstić information content (AvgIpc) is 2.97. The molecule has 0 unspecified atom stereocenters. The lowest BCUT2D eigenvalue weighted by atomic mass is 9.88. The van der Waals surface area contributed by atoms with Gasteiger partial charge in [-0.1, -0.05) is 46.8 Å². The van der Waals surface area contributed by atoms with Gasteiger partial charge in [-0.15, -0.1) is 0 Å². The molecule has 3 aromatic carbocycles. The van der Waals surface area contributed by atoms with Crippen LogP contribution >= 0.6 is 27.5 Å². The zero-order chi connectivity index (χ0) is 28.9. The molecule has 1 heterocycles. The molecule has 1 aromatic heterocycles. The van der Waals surface area contributed by atoms with Gasteiger partial charge in [-0.05, 0) is 67.4 Å². The summed E-state index contributed by atoms with van der Waals surface area (Å²) in [7, 11) is 0. The van der Waals surface area contributed by atoms with Crippen molar-refractivity contribution in [3.8, 4) is 5.75 Å². The molecule has 0 radical (unpaired) electrons. The van der Waals surface area contributed by atoms with Gasteiger partial charge in [0.05, 0.1) is 22.0 Å². The molecule has 1 aliphatic carbocycles. The van der Waals surface area contributed by atoms with E-state index < -0.39 is 17.4 Å². The fourth-order valence-corrected chi connectivity index (χ4v) is 5.27. The van der Waals surface area contributed by atoms with Crippen LogP contribution < -0.4 is 15.6 Å². The van der Waals surface area contributed by atoms with Gasteiger partial charge in [0.25, 0.3) is 11.5 Å². The SMILES string of the molecule is O=C(COc1ccc(C=Nn2c(C3CCCCC3)nc3ccc(Br)cc3c2=O)cc1[N+](=O)[O-])Nc1ccc(Cl)cc1. The van der Waals surface area contributed by atoms with Crippen LogP contribution in [-0.4, -0.2) is 33.3 Å². The molecule has 1 saturated carbocycles. The molecule has 0 saturated heterocycles. The summed E-state index contributed by atoms with van der Waals surface area (Å²) >= 11 is 9.26. The first-order valence-corrected chi connectivity index (χ1v) is 14.2. The first-order chi connectivity index (χ1) is 19.8. The number of hydrogen-bond donors (Lipinski definition) is 1. The summed E-state index contributed by atoms with van der Waals surface area (Å²) < 4.78 is 7.51. The van der Waals surface area contributed by atoms with Crippen LogP contribution in [0.2, 0.25) is 5.02 Å². The Kier molecular flexibility index (Phi) is 8.75. The van der Waals surface area contributed by atoms with Crippen molar-refractivity contribution in [2.75, 3.05) is 11.9 Å². The molecule has 1 fully saturated rings. The Bertz CT molecular complexity index is 1700. The van der Waals surface area contributed by atoms with E-state index in [1.54, 1.807) is 42.5 Å². The zero-order valence-electron chi connectivity index (χ0n) is 21.8. The number of anilines is 1. The number of ether oxygens (including phenoxy) is 1. The smallest absolute Gasteiger partial charge is 0.311 e. The number of hydrogen-bond acceptors (Lipinski definition) is 7. The topological polar surface area (TPSA) is 129 Å². The second kappa shape index (κ2) is 12.6. The molecule has 10 nitrogen and oxygen atoms in total. The fourth-order valence-electron chi connectivity index (χ4n) is 4.78. The number of fused-ring (bicyclic) bond motifs is 1. The number of carbonyl (C=O) groups excluding carboxylic acids is 1. The quantitative estimate of drug-likeness (QED) is 0.130. The molecule has 0 aliphatic heterocycles. The van der Waals surface area contributed by atoms with E-state index in [0.717, 1.165) is 36.6 Å². The number of benzene rings is 3. The molecule has 5 rings (SSSR count). The monoisotopic (exact) mass is 637 g/mol. The van der Waals surface area contributed by atoms with Crippen molar-refractivity contribution in [3.63, 3.8) is 0 Å². The van der Waals surface area contributed by atoms with Crippen molar-refractivity contribution in [3.05, 3.63) is 102 Å². The van der Waals surface area contributed by atoms with Crippen molar-refractivity contribution in [2.24, 2.45) is 5.10 Å². The third-order valence-corrected chi connectivity index (χ3v) is 7.54. The largest absolute Gasteiger partial charge is 0.477 e. The molecule has 0 spiro atoms. The van der Waals surface area contributed by atoms with Gasteiger partial charge in [0.1, 0.15) is 5.82 Å². The van der Waals surface area contributed by atoms with Crippen molar-refractivity contribution in [1.29, 1.82) is 0 Å². The number of halogens is 2. The predicted molar refractivity (Wildman–Crippen MR) is 161 cm³/mol. The van der Waals surface area contributed by atoms with Gasteiger partial charge in [-0.2, -0.15) is 9.78 Å². The molecule has 0 bridgehead atoms. The Morgan fingerprint density at radius 1 is 1.15 bits per heavy atom. The van der Waals surface area contributed by atoms with Crippen LogP contribution in [0.15, 0.2) is 75.0 Å². The molecule has 41 heavy (non-hydrogen) atoms. The Hall–Kier alpha value is -4.09. The van der Waals surface area contributed by atoms with Gasteiger partial charge in [0, 0.05) is 32.7 Å². The van der Waals surface area contributed by atoms with Gasteiger partial charge in [0.15, 0.2) is 12.4 Å². The number of rotatable bonds is 8. The number of nitrogens with one attached hydrogen (secondary N) is 1. The summed E-state index contributed by atoms with van der Waals surface area (Å²) in [6.45, 7) is -0.435. The maximum atomic E-state index is 13.5. The first kappa shape index (κ1) is 28.4. The minimum Gasteiger partial charge on any atom is -0.477 e. The molecular weight excluding hydrogens is 614 g/mol. The summed E-state index contributed by atoms with van der Waals surface area (Å²) in [4.78, 5) is 41.8. The second-order valence-corrected chi connectivity index (χ2v) is 11.0. The molecule has 210 valence electrons. The van der Waals surface area contributed by atoms with E-state index >= 15 is 0 Å². The average molecular weight is 639 g/mol. The Balaban J connectivity index is 1.40. The van der Waals surface area contributed by atoms with Gasteiger partial charge < -0.3 is 10.1 Å². The maximum absolute atomic E-state index is 13.5. The lowest BCUT2D eigenvalue weighted by Crippen LogP contribution is -2.25. The van der Waals surface area contributed by atoms with Gasteiger partial charge >= 0.3 is 5.69 Å². The third-order valence-electron chi connectivity index (χ3n) is 6.79. The highest BCUT2D eigenvalue weighted by Gasteiger charge is 2.23. The number of aromatic nitrogens is 2. The van der Waals surface area contributed by atoms with Crippen LogP contribution in [0.25, 0.3) is 10.9 Å². The van der Waals surface area contributed by atoms with Crippen molar-refractivity contribution < 1.29 is 14.5 Å². The number of nitrogens with zero attached hydrogens (tertiary/aromatic N) is 4. The number of amides is 1. The minimum absolute atomic E-state index is 0.0734. The lowest BCUT2D eigenvalue weighted by Gasteiger charge is -2.22. The van der Waals surface area contributed by atoms with E-state index in [1.807, 2.05) is 6.07 Å². The molecule has 1 N–H and O–H groups in total. The van der Waals surface area contributed by atoms with E-state index in [4.69, 9.17) is 21.3 Å². The zero-order valence-corrected chi connectivity index (χ0v) is 24.1. The summed E-state index contributed by atoms with van der Waals surface area (Å²) in [5.41, 5.74) is 0.846. The predicted octanol–water partition coefficient (Wildman–Crippen LogP) is 6.67. The van der Waals surface area contributed by atoms with Crippen molar-refractivity contribution in [2.45, 2.75) is 38.0 Å². The van der Waals surface area contributed by atoms with Gasteiger partial charge in [-0.3, -0.25) is 19.7 Å². The van der Waals surface area contributed by atoms with E-state index in [9.17, 15) is 19.7 Å². The minimum atomic E-state index is -0.599. The summed E-state index contributed by atoms with van der Waals surface area (Å²) in [6.07, 6.45) is 6.46. The van der Waals surface area contributed by atoms with Crippen molar-refractivity contribution in [1.82, 2.24) is 9.66 Å². The molecule has 1 aliphatic rings. The van der Waals surface area contributed by atoms with E-state index in [2.05, 4.69) is 26.3 Å². The normalized spacial score (nSPS) is 13.9. The molecular formula is C29H25BrClN5O5. The van der Waals surface area contributed by atoms with E-state index in [-0.39, 0.29) is 22.9 Å². The second-order valence-electron chi connectivity index (χ2n) is 9.66. The van der Waals surface area contributed by atoms with Crippen molar-refractivity contribution >= 4 is 61.9 Å². The highest BCUT2D eigenvalue weighted by atomic mass is 79.9. The summed E-state index contributed by atoms with van der Waals surface area (Å²) in [6, 6.07) is 16.1. The van der Waals surface area contributed by atoms with Crippen LogP contribution in [-0.2, 0) is 4.79 Å². The van der Waals surface area contributed by atoms with Crippen LogP contribution in [0.1, 0.15) is 49.4 Å². The number of carbonyl (C=O) groups is 1. The number of nitro groups is 1. The van der Waals surface area contributed by atoms with Gasteiger partial charge in [0.2, 0.25) is 0 Å². The van der Waals surface area contributed by atoms with Gasteiger partial charge in [-0.25, -0.2) is 4.98 Å². The van der Waals surface area contributed by atoms with E-state index in [0.29, 0.717) is 33.0 Å². The Labute approximate surface area is 248 Å². The lowest BCUT2D eigenvalue weighted by molar-refractivity contribution is -0.385. The molecule has 1 amide bonds. The standard InChI is InChI=1S/C29H25BrClN5O5/c30-20-7-12-24-23(15-20)29(38)35(28(34-24)19-4-2-1-3-5-19)32-16-18-6-13-26(25(14-18)36(39)40)41-17-27(37)33-22-10-8-21(31)9-11-22/h6-16,19H,1-5,17H2,(H,33,37).